The lowest BCUT2D eigenvalue weighted by atomic mass is 10.2. The van der Waals surface area contributed by atoms with Crippen LogP contribution in [0, 0.1) is 0 Å². The van der Waals surface area contributed by atoms with Gasteiger partial charge in [0.15, 0.2) is 0 Å². The van der Waals surface area contributed by atoms with Gasteiger partial charge in [-0.2, -0.15) is 0 Å². The van der Waals surface area contributed by atoms with Crippen LogP contribution in [-0.4, -0.2) is 18.0 Å². The normalized spacial score (nSPS) is 9.64. The van der Waals surface area contributed by atoms with E-state index < -0.39 is 0 Å². The molecule has 122 valence electrons. The zero-order valence-corrected chi connectivity index (χ0v) is 14.9. The predicted octanol–water partition coefficient (Wildman–Crippen LogP) is 3.95. The van der Waals surface area contributed by atoms with Gasteiger partial charge in [0.2, 0.25) is 0 Å². The van der Waals surface area contributed by atoms with Crippen molar-refractivity contribution in [2.45, 2.75) is 19.8 Å². The number of nitrogens with two attached hydrogens (primary N) is 1. The molecular weight excluding hydrogens is 345 g/mol. The maximum absolute atomic E-state index is 12.1. The fraction of sp³-hybridized carbons (Fsp3) is 0.286. The van der Waals surface area contributed by atoms with Crippen LogP contribution in [0.15, 0.2) is 23.6 Å². The van der Waals surface area contributed by atoms with Crippen molar-refractivity contribution < 1.29 is 9.53 Å². The number of nitrogens with zero attached hydrogens (tertiary/aromatic N) is 1. The van der Waals surface area contributed by atoms with Crippen molar-refractivity contribution in [3.05, 3.63) is 34.3 Å². The molecule has 1 aromatic heterocycles. The molecule has 0 bridgehead atoms. The van der Waals surface area contributed by atoms with Crippen LogP contribution in [0.4, 0.5) is 11.4 Å². The van der Waals surface area contributed by atoms with Crippen molar-refractivity contribution in [1.82, 2.24) is 4.98 Å². The average molecular weight is 364 g/mol. The Morgan fingerprint density at radius 3 is 2.59 bits per heavy atom. The van der Waals surface area contributed by atoms with E-state index >= 15 is 0 Å². The summed E-state index contributed by atoms with van der Waals surface area (Å²) in [5.74, 6) is 0.673. The van der Waals surface area contributed by atoms with Crippen molar-refractivity contribution in [3.63, 3.8) is 0 Å². The number of carbonyl (C=O) groups excluding carboxylic acids is 1. The molecule has 2 aromatic rings. The maximum Gasteiger partial charge on any atom is 0.275 e. The van der Waals surface area contributed by atoms with Gasteiger partial charge >= 0.3 is 0 Å². The first-order chi connectivity index (χ1) is 9.51. The van der Waals surface area contributed by atoms with Crippen LogP contribution in [0.3, 0.4) is 0 Å². The Morgan fingerprint density at radius 2 is 2.05 bits per heavy atom. The third-order valence-corrected chi connectivity index (χ3v) is 3.90. The van der Waals surface area contributed by atoms with E-state index in [1.54, 1.807) is 30.7 Å². The van der Waals surface area contributed by atoms with Crippen LogP contribution >= 0.6 is 36.2 Å². The molecule has 22 heavy (non-hydrogen) atoms. The number of methoxy groups -OCH3 is 1. The minimum Gasteiger partial charge on any atom is -0.497 e. The first-order valence-corrected chi connectivity index (χ1v) is 7.09. The molecule has 2 rings (SSSR count). The molecule has 0 saturated heterocycles. The molecule has 0 saturated carbocycles. The van der Waals surface area contributed by atoms with E-state index in [0.29, 0.717) is 28.7 Å². The second-order valence-corrected chi connectivity index (χ2v) is 5.52. The number of thiazole rings is 1. The number of amides is 1. The molecule has 0 fully saturated rings. The lowest BCUT2D eigenvalue weighted by Gasteiger charge is -2.08. The molecule has 0 aliphatic heterocycles. The molecule has 1 amide bonds. The Labute approximate surface area is 146 Å². The number of nitrogens with one attached hydrogen (secondary N) is 1. The number of ether oxygens (including phenoxy) is 1. The number of halogens is 2. The number of hydrogen-bond acceptors (Lipinski definition) is 5. The topological polar surface area (TPSA) is 77.2 Å². The fourth-order valence-electron chi connectivity index (χ4n) is 1.61. The molecule has 1 heterocycles. The van der Waals surface area contributed by atoms with Crippen LogP contribution in [0.2, 0.25) is 0 Å². The minimum atomic E-state index is -0.270. The number of carbonyl (C=O) groups is 1. The van der Waals surface area contributed by atoms with Gasteiger partial charge in [0.05, 0.1) is 23.5 Å². The Hall–Kier alpha value is -1.50. The number of benzene rings is 1. The molecule has 0 unspecified atom stereocenters. The van der Waals surface area contributed by atoms with Gasteiger partial charge in [0, 0.05) is 17.4 Å². The van der Waals surface area contributed by atoms with Crippen molar-refractivity contribution in [2.75, 3.05) is 18.2 Å². The summed E-state index contributed by atoms with van der Waals surface area (Å²) in [6.45, 7) is 4.08. The van der Waals surface area contributed by atoms with Crippen molar-refractivity contribution in [1.29, 1.82) is 0 Å². The highest BCUT2D eigenvalue weighted by Crippen LogP contribution is 2.25. The van der Waals surface area contributed by atoms with E-state index in [1.165, 1.54) is 11.3 Å². The van der Waals surface area contributed by atoms with Crippen molar-refractivity contribution in [2.24, 2.45) is 0 Å². The summed E-state index contributed by atoms with van der Waals surface area (Å²) in [4.78, 5) is 16.5. The molecule has 0 atom stereocenters. The highest BCUT2D eigenvalue weighted by molar-refractivity contribution is 7.09. The van der Waals surface area contributed by atoms with Crippen LogP contribution in [0.1, 0.15) is 35.3 Å². The summed E-state index contributed by atoms with van der Waals surface area (Å²) in [7, 11) is 1.56. The fourth-order valence-corrected chi connectivity index (χ4v) is 2.43. The average Bonchev–Trinajstić information content (AvgIpc) is 2.91. The highest BCUT2D eigenvalue weighted by Gasteiger charge is 2.14. The molecule has 0 spiro atoms. The smallest absolute Gasteiger partial charge is 0.275 e. The third kappa shape index (κ3) is 4.76. The Bertz CT molecular complexity index is 632. The maximum atomic E-state index is 12.1. The number of nitrogen functional groups attached to an aromatic ring is 1. The summed E-state index contributed by atoms with van der Waals surface area (Å²) in [6.07, 6.45) is 0. The van der Waals surface area contributed by atoms with Crippen LogP contribution in [0.25, 0.3) is 0 Å². The Morgan fingerprint density at radius 1 is 1.36 bits per heavy atom. The standard InChI is InChI=1S/C14H17N3O2S.2ClH/c1-8(2)14-17-12(7-20-14)13(18)16-11-6-9(19-3)4-5-10(11)15;;/h4-8H,15H2,1-3H3,(H,16,18);2*1H. The Balaban J connectivity index is 0.00000220. The molecule has 8 heteroatoms. The molecule has 0 radical (unpaired) electrons. The second-order valence-electron chi connectivity index (χ2n) is 4.63. The van der Waals surface area contributed by atoms with E-state index in [2.05, 4.69) is 10.3 Å². The molecule has 0 aliphatic carbocycles. The van der Waals surface area contributed by atoms with E-state index in [0.717, 1.165) is 5.01 Å². The quantitative estimate of drug-likeness (QED) is 0.806. The Kier molecular flexibility index (Phi) is 8.22. The summed E-state index contributed by atoms with van der Waals surface area (Å²) in [6, 6.07) is 5.11. The molecule has 1 aromatic carbocycles. The molecule has 5 nitrogen and oxygen atoms in total. The van der Waals surface area contributed by atoms with Crippen LogP contribution < -0.4 is 15.8 Å². The highest BCUT2D eigenvalue weighted by atomic mass is 35.5. The molecular formula is C14H19Cl2N3O2S. The largest absolute Gasteiger partial charge is 0.497 e. The van der Waals surface area contributed by atoms with Crippen molar-refractivity contribution >= 4 is 53.4 Å². The van der Waals surface area contributed by atoms with Gasteiger partial charge in [-0.15, -0.1) is 36.2 Å². The van der Waals surface area contributed by atoms with Gasteiger partial charge in [-0.25, -0.2) is 4.98 Å². The zero-order chi connectivity index (χ0) is 14.7. The predicted molar refractivity (Wildman–Crippen MR) is 96.1 cm³/mol. The lowest BCUT2D eigenvalue weighted by molar-refractivity contribution is 0.102. The zero-order valence-electron chi connectivity index (χ0n) is 12.5. The van der Waals surface area contributed by atoms with Crippen LogP contribution in [0.5, 0.6) is 5.75 Å². The molecule has 3 N–H and O–H groups in total. The van der Waals surface area contributed by atoms with E-state index in [-0.39, 0.29) is 30.7 Å². The summed E-state index contributed by atoms with van der Waals surface area (Å²) >= 11 is 1.48. The SMILES string of the molecule is COc1ccc(N)c(NC(=O)c2csc(C(C)C)n2)c1.Cl.Cl. The number of anilines is 2. The van der Waals surface area contributed by atoms with Gasteiger partial charge in [-0.05, 0) is 12.1 Å². The third-order valence-electron chi connectivity index (χ3n) is 2.76. The summed E-state index contributed by atoms with van der Waals surface area (Å²) in [5, 5.41) is 5.44. The van der Waals surface area contributed by atoms with Gasteiger partial charge in [0.25, 0.3) is 5.91 Å². The number of rotatable bonds is 4. The van der Waals surface area contributed by atoms with Gasteiger partial charge in [-0.1, -0.05) is 13.8 Å². The first kappa shape index (κ1) is 20.5. The summed E-state index contributed by atoms with van der Waals surface area (Å²) < 4.78 is 5.11. The second kappa shape index (κ2) is 8.82. The first-order valence-electron chi connectivity index (χ1n) is 6.21. The van der Waals surface area contributed by atoms with E-state index in [4.69, 9.17) is 10.5 Å². The van der Waals surface area contributed by atoms with Crippen LogP contribution in [-0.2, 0) is 0 Å². The van der Waals surface area contributed by atoms with Gasteiger partial charge in [0.1, 0.15) is 11.4 Å². The lowest BCUT2D eigenvalue weighted by Crippen LogP contribution is -2.14. The summed E-state index contributed by atoms with van der Waals surface area (Å²) in [5.41, 5.74) is 7.25. The minimum absolute atomic E-state index is 0. The number of aromatic nitrogens is 1. The van der Waals surface area contributed by atoms with E-state index in [9.17, 15) is 4.79 Å². The number of hydrogen-bond donors (Lipinski definition) is 2. The molecule has 0 aliphatic rings. The van der Waals surface area contributed by atoms with Gasteiger partial charge < -0.3 is 15.8 Å². The van der Waals surface area contributed by atoms with E-state index in [1.807, 2.05) is 13.8 Å². The van der Waals surface area contributed by atoms with Crippen molar-refractivity contribution in [3.8, 4) is 5.75 Å². The monoisotopic (exact) mass is 363 g/mol. The van der Waals surface area contributed by atoms with Gasteiger partial charge in [-0.3, -0.25) is 4.79 Å².